The smallest absolute Gasteiger partial charge is 0.343 e. The van der Waals surface area contributed by atoms with Crippen molar-refractivity contribution in [1.82, 2.24) is 5.32 Å². The van der Waals surface area contributed by atoms with Crippen molar-refractivity contribution in [3.63, 3.8) is 0 Å². The minimum atomic E-state index is -0.488. The lowest BCUT2D eigenvalue weighted by Gasteiger charge is -2.14. The van der Waals surface area contributed by atoms with Gasteiger partial charge in [-0.05, 0) is 53.2 Å². The number of nitrogens with one attached hydrogen (secondary N) is 1. The number of amides is 1. The van der Waals surface area contributed by atoms with E-state index in [4.69, 9.17) is 16.3 Å². The number of carbonyl (C=O) groups is 2. The number of hydrogen-bond acceptors (Lipinski definition) is 3. The summed E-state index contributed by atoms with van der Waals surface area (Å²) in [6.07, 6.45) is 0. The highest BCUT2D eigenvalue weighted by Gasteiger charge is 2.15. The van der Waals surface area contributed by atoms with Crippen molar-refractivity contribution in [2.24, 2.45) is 0 Å². The summed E-state index contributed by atoms with van der Waals surface area (Å²) in [6, 6.07) is 26.9. The second-order valence-electron chi connectivity index (χ2n) is 6.71. The predicted octanol–water partition coefficient (Wildman–Crippen LogP) is 5.64. The highest BCUT2D eigenvalue weighted by molar-refractivity contribution is 6.30. The van der Waals surface area contributed by atoms with Gasteiger partial charge in [0.15, 0.2) is 0 Å². The second kappa shape index (κ2) is 8.80. The largest absolute Gasteiger partial charge is 0.423 e. The molecule has 0 heterocycles. The maximum Gasteiger partial charge on any atom is 0.343 e. The van der Waals surface area contributed by atoms with E-state index in [2.05, 4.69) is 5.32 Å². The van der Waals surface area contributed by atoms with Crippen molar-refractivity contribution < 1.29 is 14.3 Å². The molecule has 4 rings (SSSR count). The van der Waals surface area contributed by atoms with Gasteiger partial charge >= 0.3 is 5.97 Å². The van der Waals surface area contributed by atoms with Gasteiger partial charge in [0.25, 0.3) is 5.91 Å². The van der Waals surface area contributed by atoms with Crippen molar-refractivity contribution in [2.75, 3.05) is 0 Å². The molecule has 0 saturated heterocycles. The molecule has 0 saturated carbocycles. The van der Waals surface area contributed by atoms with Crippen LogP contribution in [-0.4, -0.2) is 11.9 Å². The minimum Gasteiger partial charge on any atom is -0.423 e. The molecule has 4 aromatic carbocycles. The number of ether oxygens (including phenoxy) is 1. The van der Waals surface area contributed by atoms with Gasteiger partial charge in [-0.3, -0.25) is 4.79 Å². The first-order chi connectivity index (χ1) is 14.6. The van der Waals surface area contributed by atoms with Crippen molar-refractivity contribution in [3.05, 3.63) is 113 Å². The Balaban J connectivity index is 1.63. The van der Waals surface area contributed by atoms with E-state index in [1.807, 2.05) is 48.5 Å². The molecule has 5 heteroatoms. The molecule has 0 aromatic heterocycles. The van der Waals surface area contributed by atoms with Gasteiger partial charge in [0.05, 0.1) is 5.56 Å². The molecule has 0 aliphatic heterocycles. The Bertz CT molecular complexity index is 1200. The van der Waals surface area contributed by atoms with Crippen LogP contribution in [0.15, 0.2) is 91.0 Å². The zero-order valence-electron chi connectivity index (χ0n) is 16.0. The maximum absolute atomic E-state index is 12.6. The van der Waals surface area contributed by atoms with E-state index in [0.29, 0.717) is 21.9 Å². The lowest BCUT2D eigenvalue weighted by atomic mass is 10.0. The van der Waals surface area contributed by atoms with Gasteiger partial charge in [-0.1, -0.05) is 60.1 Å². The maximum atomic E-state index is 12.6. The summed E-state index contributed by atoms with van der Waals surface area (Å²) in [5, 5.41) is 5.37. The lowest BCUT2D eigenvalue weighted by Crippen LogP contribution is -2.23. The van der Waals surface area contributed by atoms with E-state index in [-0.39, 0.29) is 12.5 Å². The number of hydrogen-bond donors (Lipinski definition) is 1. The molecule has 1 N–H and O–H groups in total. The molecule has 30 heavy (non-hydrogen) atoms. The molecule has 0 aliphatic carbocycles. The van der Waals surface area contributed by atoms with Crippen molar-refractivity contribution in [3.8, 4) is 5.75 Å². The Hall–Kier alpha value is -3.63. The van der Waals surface area contributed by atoms with E-state index in [9.17, 15) is 9.59 Å². The van der Waals surface area contributed by atoms with Crippen LogP contribution < -0.4 is 10.1 Å². The van der Waals surface area contributed by atoms with Crippen molar-refractivity contribution in [1.29, 1.82) is 0 Å². The molecule has 0 spiro atoms. The molecular weight excluding hydrogens is 398 g/mol. The summed E-state index contributed by atoms with van der Waals surface area (Å²) in [5.74, 6) is -0.280. The number of esters is 1. The first-order valence-electron chi connectivity index (χ1n) is 9.43. The first kappa shape index (κ1) is 19.7. The molecular formula is C25H18ClNO3. The lowest BCUT2D eigenvalue weighted by molar-refractivity contribution is 0.0733. The zero-order valence-corrected chi connectivity index (χ0v) is 16.7. The van der Waals surface area contributed by atoms with E-state index in [1.165, 1.54) is 0 Å². The van der Waals surface area contributed by atoms with E-state index in [1.54, 1.807) is 42.5 Å². The minimum absolute atomic E-state index is 0.196. The Morgan fingerprint density at radius 1 is 0.767 bits per heavy atom. The topological polar surface area (TPSA) is 55.4 Å². The Morgan fingerprint density at radius 2 is 1.47 bits per heavy atom. The van der Waals surface area contributed by atoms with Crippen LogP contribution in [0.4, 0.5) is 0 Å². The molecule has 0 unspecified atom stereocenters. The van der Waals surface area contributed by atoms with E-state index in [0.717, 1.165) is 16.3 Å². The predicted molar refractivity (Wildman–Crippen MR) is 118 cm³/mol. The normalized spacial score (nSPS) is 10.6. The molecule has 1 amide bonds. The van der Waals surface area contributed by atoms with Crippen LogP contribution in [0.3, 0.4) is 0 Å². The number of halogens is 1. The zero-order chi connectivity index (χ0) is 20.9. The summed E-state index contributed by atoms with van der Waals surface area (Å²) >= 11 is 5.90. The number of carbonyl (C=O) groups excluding carboxylic acids is 2. The van der Waals surface area contributed by atoms with E-state index >= 15 is 0 Å². The third kappa shape index (κ3) is 4.34. The first-order valence-corrected chi connectivity index (χ1v) is 9.81. The fraction of sp³-hybridized carbons (Fsp3) is 0.0400. The molecule has 148 valence electrons. The Labute approximate surface area is 179 Å². The summed E-state index contributed by atoms with van der Waals surface area (Å²) < 4.78 is 5.68. The van der Waals surface area contributed by atoms with Crippen LogP contribution in [0, 0.1) is 0 Å². The molecule has 0 radical (unpaired) electrons. The second-order valence-corrected chi connectivity index (χ2v) is 7.14. The van der Waals surface area contributed by atoms with Crippen LogP contribution in [0.2, 0.25) is 5.02 Å². The molecule has 4 nitrogen and oxygen atoms in total. The molecule has 0 bridgehead atoms. The average Bonchev–Trinajstić information content (AvgIpc) is 2.79. The summed E-state index contributed by atoms with van der Waals surface area (Å²) in [4.78, 5) is 25.1. The SMILES string of the molecule is O=C(NCc1c(OC(=O)c2ccc(Cl)cc2)ccc2ccccc12)c1ccccc1. The van der Waals surface area contributed by atoms with Crippen LogP contribution in [-0.2, 0) is 6.54 Å². The van der Waals surface area contributed by atoms with Gasteiger partial charge < -0.3 is 10.1 Å². The Kier molecular flexibility index (Phi) is 5.77. The van der Waals surface area contributed by atoms with Crippen molar-refractivity contribution >= 4 is 34.2 Å². The third-order valence-corrected chi connectivity index (χ3v) is 4.99. The summed E-state index contributed by atoms with van der Waals surface area (Å²) in [7, 11) is 0. The van der Waals surface area contributed by atoms with Crippen LogP contribution in [0.1, 0.15) is 26.3 Å². The van der Waals surface area contributed by atoms with Gasteiger partial charge in [0.1, 0.15) is 5.75 Å². The quantitative estimate of drug-likeness (QED) is 0.339. The fourth-order valence-electron chi connectivity index (χ4n) is 3.20. The third-order valence-electron chi connectivity index (χ3n) is 4.74. The fourth-order valence-corrected chi connectivity index (χ4v) is 3.32. The Morgan fingerprint density at radius 3 is 2.23 bits per heavy atom. The molecule has 0 aliphatic rings. The number of benzene rings is 4. The average molecular weight is 416 g/mol. The number of rotatable bonds is 5. The molecule has 0 atom stereocenters. The van der Waals surface area contributed by atoms with Gasteiger partial charge in [-0.25, -0.2) is 4.79 Å². The summed E-state index contributed by atoms with van der Waals surface area (Å²) in [5.41, 5.74) is 1.70. The monoisotopic (exact) mass is 415 g/mol. The van der Waals surface area contributed by atoms with Crippen LogP contribution in [0.5, 0.6) is 5.75 Å². The number of fused-ring (bicyclic) bond motifs is 1. The van der Waals surface area contributed by atoms with Gasteiger partial charge in [0.2, 0.25) is 0 Å². The van der Waals surface area contributed by atoms with E-state index < -0.39 is 5.97 Å². The molecule has 4 aromatic rings. The molecule has 0 fully saturated rings. The van der Waals surface area contributed by atoms with Gasteiger partial charge in [0, 0.05) is 22.7 Å². The van der Waals surface area contributed by atoms with Gasteiger partial charge in [-0.2, -0.15) is 0 Å². The van der Waals surface area contributed by atoms with Crippen molar-refractivity contribution in [2.45, 2.75) is 6.54 Å². The van der Waals surface area contributed by atoms with Crippen LogP contribution in [0.25, 0.3) is 10.8 Å². The highest BCUT2D eigenvalue weighted by atomic mass is 35.5. The summed E-state index contributed by atoms with van der Waals surface area (Å²) in [6.45, 7) is 0.221. The highest BCUT2D eigenvalue weighted by Crippen LogP contribution is 2.29. The van der Waals surface area contributed by atoms with Gasteiger partial charge in [-0.15, -0.1) is 0 Å². The standard InChI is InChI=1S/C25H18ClNO3/c26-20-13-10-19(11-14-20)25(29)30-23-15-12-17-6-4-5-9-21(17)22(23)16-27-24(28)18-7-2-1-3-8-18/h1-15H,16H2,(H,27,28). The van der Waals surface area contributed by atoms with Crippen LogP contribution >= 0.6 is 11.6 Å².